The smallest absolute Gasteiger partial charge is 0.311 e. The van der Waals surface area contributed by atoms with Crippen molar-refractivity contribution in [3.63, 3.8) is 0 Å². The van der Waals surface area contributed by atoms with Crippen molar-refractivity contribution in [2.45, 2.75) is 55.6 Å². The summed E-state index contributed by atoms with van der Waals surface area (Å²) in [7, 11) is 0. The van der Waals surface area contributed by atoms with E-state index in [1.165, 1.54) is 0 Å². The highest BCUT2D eigenvalue weighted by Gasteiger charge is 2.70. The minimum absolute atomic E-state index is 0.0979. The van der Waals surface area contributed by atoms with Gasteiger partial charge in [0.15, 0.2) is 0 Å². The number of aliphatic hydroxyl groups is 1. The SMILES string of the molecule is CCN(CC)c1ccc(N2CC=C[C@]34S[C@@H]5C=CCCOC(=O)[C@@H]5[C@H]3C(=O)N(CCCCCO)C4C2=O)cc1. The van der Waals surface area contributed by atoms with Crippen LogP contribution < -0.4 is 9.80 Å². The fourth-order valence-corrected chi connectivity index (χ4v) is 8.58. The van der Waals surface area contributed by atoms with Crippen LogP contribution in [-0.2, 0) is 19.1 Å². The fraction of sp³-hybridized carbons (Fsp3) is 0.567. The van der Waals surface area contributed by atoms with E-state index in [4.69, 9.17) is 4.74 Å². The molecule has 0 saturated carbocycles. The molecule has 0 aliphatic carbocycles. The third kappa shape index (κ3) is 4.88. The van der Waals surface area contributed by atoms with Crippen molar-refractivity contribution in [3.8, 4) is 0 Å². The topological polar surface area (TPSA) is 90.4 Å². The highest BCUT2D eigenvalue weighted by Crippen LogP contribution is 2.61. The van der Waals surface area contributed by atoms with E-state index in [1.54, 1.807) is 21.6 Å². The number of carbonyl (C=O) groups is 3. The lowest BCUT2D eigenvalue weighted by molar-refractivity contribution is -0.153. The van der Waals surface area contributed by atoms with E-state index >= 15 is 0 Å². The summed E-state index contributed by atoms with van der Waals surface area (Å²) in [4.78, 5) is 47.5. The van der Waals surface area contributed by atoms with Gasteiger partial charge >= 0.3 is 5.97 Å². The van der Waals surface area contributed by atoms with Crippen LogP contribution in [0.4, 0.5) is 11.4 Å². The second kappa shape index (κ2) is 11.8. The molecule has 5 rings (SSSR count). The quantitative estimate of drug-likeness (QED) is 0.285. The van der Waals surface area contributed by atoms with Crippen molar-refractivity contribution in [2.75, 3.05) is 49.2 Å². The van der Waals surface area contributed by atoms with Crippen LogP contribution in [0.2, 0.25) is 0 Å². The highest BCUT2D eigenvalue weighted by atomic mass is 32.2. The Morgan fingerprint density at radius 3 is 2.54 bits per heavy atom. The molecule has 0 aromatic heterocycles. The Morgan fingerprint density at radius 1 is 1.05 bits per heavy atom. The number of cyclic esters (lactones) is 1. The normalized spacial score (nSPS) is 29.9. The summed E-state index contributed by atoms with van der Waals surface area (Å²) in [6.45, 7) is 7.25. The molecule has 1 unspecified atom stereocenters. The minimum atomic E-state index is -0.843. The number of hydrogen-bond donors (Lipinski definition) is 1. The Morgan fingerprint density at radius 2 is 1.82 bits per heavy atom. The standard InChI is InChI=1S/C30H39N3O5S/c1-3-31(4-2)21-12-14-22(15-13-21)32-18-10-16-30-25(24-23(39-30)11-6-9-20-38-29(24)37)27(35)33(26(30)28(32)36)17-7-5-8-19-34/h6,10-16,23-26,34H,3-5,7-9,17-20H2,1-2H3/t23-,24+,25+,26?,30+/m1/s1. The molecule has 2 saturated heterocycles. The van der Waals surface area contributed by atoms with Crippen molar-refractivity contribution in [3.05, 3.63) is 48.6 Å². The number of aliphatic hydroxyl groups excluding tert-OH is 1. The molecule has 4 aliphatic rings. The number of benzene rings is 1. The van der Waals surface area contributed by atoms with Gasteiger partial charge in [-0.3, -0.25) is 14.4 Å². The lowest BCUT2D eigenvalue weighted by atomic mass is 9.78. The number of anilines is 2. The maximum Gasteiger partial charge on any atom is 0.311 e. The van der Waals surface area contributed by atoms with Gasteiger partial charge in [0.1, 0.15) is 6.04 Å². The van der Waals surface area contributed by atoms with E-state index in [9.17, 15) is 19.5 Å². The van der Waals surface area contributed by atoms with Gasteiger partial charge in [0.2, 0.25) is 5.91 Å². The molecular weight excluding hydrogens is 514 g/mol. The second-order valence-corrected chi connectivity index (χ2v) is 12.1. The zero-order valence-electron chi connectivity index (χ0n) is 22.8. The number of nitrogens with zero attached hydrogens (tertiary/aromatic N) is 3. The van der Waals surface area contributed by atoms with Crippen LogP contribution in [0, 0.1) is 11.8 Å². The number of hydrogen-bond acceptors (Lipinski definition) is 7. The molecule has 2 fully saturated rings. The zero-order valence-corrected chi connectivity index (χ0v) is 23.6. The van der Waals surface area contributed by atoms with Gasteiger partial charge < -0.3 is 24.5 Å². The third-order valence-corrected chi connectivity index (χ3v) is 10.2. The van der Waals surface area contributed by atoms with Gasteiger partial charge in [0.05, 0.1) is 23.2 Å². The molecule has 1 spiro atoms. The van der Waals surface area contributed by atoms with Gasteiger partial charge in [0, 0.05) is 49.4 Å². The van der Waals surface area contributed by atoms with E-state index in [1.807, 2.05) is 48.6 Å². The summed E-state index contributed by atoms with van der Waals surface area (Å²) in [5, 5.41) is 9.03. The molecule has 210 valence electrons. The largest absolute Gasteiger partial charge is 0.465 e. The number of rotatable bonds is 9. The summed E-state index contributed by atoms with van der Waals surface area (Å²) in [6.07, 6.45) is 10.8. The molecule has 1 aromatic rings. The lowest BCUT2D eigenvalue weighted by Crippen LogP contribution is -2.53. The van der Waals surface area contributed by atoms with Crippen LogP contribution >= 0.6 is 11.8 Å². The predicted molar refractivity (Wildman–Crippen MR) is 154 cm³/mol. The van der Waals surface area contributed by atoms with E-state index in [0.717, 1.165) is 30.9 Å². The number of amides is 2. The van der Waals surface area contributed by atoms with Crippen LogP contribution in [0.3, 0.4) is 0 Å². The van der Waals surface area contributed by atoms with Crippen molar-refractivity contribution >= 4 is 40.9 Å². The molecule has 8 nitrogen and oxygen atoms in total. The van der Waals surface area contributed by atoms with E-state index in [-0.39, 0.29) is 29.6 Å². The van der Waals surface area contributed by atoms with Gasteiger partial charge in [-0.2, -0.15) is 0 Å². The van der Waals surface area contributed by atoms with Crippen molar-refractivity contribution in [2.24, 2.45) is 11.8 Å². The Bertz CT molecular complexity index is 1130. The molecule has 39 heavy (non-hydrogen) atoms. The van der Waals surface area contributed by atoms with Gasteiger partial charge in [-0.05, 0) is 63.8 Å². The average Bonchev–Trinajstić information content (AvgIpc) is 3.31. The molecule has 4 heterocycles. The Hall–Kier alpha value is -2.78. The van der Waals surface area contributed by atoms with Crippen LogP contribution in [0.1, 0.15) is 39.5 Å². The summed E-state index contributed by atoms with van der Waals surface area (Å²) in [5.41, 5.74) is 1.90. The van der Waals surface area contributed by atoms with Gasteiger partial charge in [-0.25, -0.2) is 0 Å². The summed E-state index contributed by atoms with van der Waals surface area (Å²) in [5.74, 6) is -1.89. The highest BCUT2D eigenvalue weighted by molar-refractivity contribution is 8.02. The summed E-state index contributed by atoms with van der Waals surface area (Å²) < 4.78 is 4.71. The lowest BCUT2D eigenvalue weighted by Gasteiger charge is -2.35. The predicted octanol–water partition coefficient (Wildman–Crippen LogP) is 3.40. The monoisotopic (exact) mass is 553 g/mol. The maximum absolute atomic E-state index is 14.5. The van der Waals surface area contributed by atoms with Crippen molar-refractivity contribution < 1.29 is 24.2 Å². The van der Waals surface area contributed by atoms with Gasteiger partial charge in [-0.1, -0.05) is 24.3 Å². The Kier molecular flexibility index (Phi) is 8.38. The van der Waals surface area contributed by atoms with E-state index in [0.29, 0.717) is 39.0 Å². The number of thioether (sulfide) groups is 1. The second-order valence-electron chi connectivity index (χ2n) is 10.6. The minimum Gasteiger partial charge on any atom is -0.465 e. The maximum atomic E-state index is 14.5. The zero-order chi connectivity index (χ0) is 27.6. The number of fused-ring (bicyclic) bond motifs is 2. The molecule has 9 heteroatoms. The first-order valence-corrected chi connectivity index (χ1v) is 15.1. The molecule has 1 N–H and O–H groups in total. The Balaban J connectivity index is 1.52. The number of unbranched alkanes of at least 4 members (excludes halogenated alkanes) is 2. The molecule has 5 atom stereocenters. The summed E-state index contributed by atoms with van der Waals surface area (Å²) in [6, 6.07) is 7.33. The average molecular weight is 554 g/mol. The Labute approximate surface area is 235 Å². The number of ether oxygens (including phenoxy) is 1. The molecule has 2 amide bonds. The first kappa shape index (κ1) is 27.8. The molecule has 0 bridgehead atoms. The molecule has 1 aromatic carbocycles. The van der Waals surface area contributed by atoms with Gasteiger partial charge in [0.25, 0.3) is 5.91 Å². The molecule has 0 radical (unpaired) electrons. The van der Waals surface area contributed by atoms with Crippen LogP contribution in [0.25, 0.3) is 0 Å². The van der Waals surface area contributed by atoms with Crippen LogP contribution in [0.15, 0.2) is 48.6 Å². The fourth-order valence-electron chi connectivity index (χ4n) is 6.58. The summed E-state index contributed by atoms with van der Waals surface area (Å²) >= 11 is 1.57. The van der Waals surface area contributed by atoms with Crippen LogP contribution in [-0.4, -0.2) is 83.2 Å². The number of carbonyl (C=O) groups excluding carboxylic acids is 3. The number of likely N-dealkylation sites (tertiary alicyclic amines) is 1. The van der Waals surface area contributed by atoms with Crippen molar-refractivity contribution in [1.82, 2.24) is 4.90 Å². The van der Waals surface area contributed by atoms with Crippen LogP contribution in [0.5, 0.6) is 0 Å². The molecular formula is C30H39N3O5S. The van der Waals surface area contributed by atoms with E-state index < -0.39 is 22.6 Å². The van der Waals surface area contributed by atoms with E-state index in [2.05, 4.69) is 18.7 Å². The number of esters is 1. The van der Waals surface area contributed by atoms with Crippen molar-refractivity contribution in [1.29, 1.82) is 0 Å². The third-order valence-electron chi connectivity index (χ3n) is 8.47. The van der Waals surface area contributed by atoms with Gasteiger partial charge in [-0.15, -0.1) is 11.8 Å². The first-order chi connectivity index (χ1) is 19.0. The molecule has 4 aliphatic heterocycles. The first-order valence-electron chi connectivity index (χ1n) is 14.2.